The zero-order valence-electron chi connectivity index (χ0n) is 7.79. The monoisotopic (exact) mass is 251 g/mol. The minimum Gasteiger partial charge on any atom is -0.265 e. The van der Waals surface area contributed by atoms with E-state index in [-0.39, 0.29) is 0 Å². The van der Waals surface area contributed by atoms with Crippen molar-refractivity contribution in [3.63, 3.8) is 0 Å². The van der Waals surface area contributed by atoms with Gasteiger partial charge >= 0.3 is 0 Å². The Morgan fingerprint density at radius 2 is 1.80 bits per heavy atom. The average Bonchev–Trinajstić information content (AvgIpc) is 2.82. The van der Waals surface area contributed by atoms with E-state index >= 15 is 0 Å². The number of nitrogens with zero attached hydrogens (tertiary/aromatic N) is 1. The lowest BCUT2D eigenvalue weighted by Crippen LogP contribution is -1.80. The van der Waals surface area contributed by atoms with Crippen molar-refractivity contribution in [1.82, 2.24) is 4.98 Å². The summed E-state index contributed by atoms with van der Waals surface area (Å²) in [5.74, 6) is 0. The number of aromatic nitrogens is 1. The van der Waals surface area contributed by atoms with Crippen molar-refractivity contribution < 1.29 is 0 Å². The van der Waals surface area contributed by atoms with Gasteiger partial charge in [-0.2, -0.15) is 0 Å². The van der Waals surface area contributed by atoms with Gasteiger partial charge in [-0.05, 0) is 29.1 Å². The Hall–Kier alpha value is -0.710. The highest BCUT2D eigenvalue weighted by molar-refractivity contribution is 7.96. The number of hydrogen-bond acceptors (Lipinski definition) is 4. The third-order valence-corrected chi connectivity index (χ3v) is 4.09. The van der Waals surface area contributed by atoms with Gasteiger partial charge in [-0.15, -0.1) is 36.6 Å². The highest BCUT2D eigenvalue weighted by Gasteiger charge is 2.05. The first kappa shape index (κ1) is 10.8. The third-order valence-electron chi connectivity index (χ3n) is 1.93. The molecule has 2 heterocycles. The fourth-order valence-corrected chi connectivity index (χ4v) is 2.56. The van der Waals surface area contributed by atoms with Crippen LogP contribution in [0.5, 0.6) is 0 Å². The standard InChI is InChI=1S/C11H9NS3/c13-10(8-3-5-12-6-4-8)11(14)9-2-1-7-15-9/h1-7,13-14H/b11-10+. The Morgan fingerprint density at radius 1 is 1.07 bits per heavy atom. The molecule has 0 bridgehead atoms. The molecule has 0 fully saturated rings. The zero-order valence-corrected chi connectivity index (χ0v) is 10.4. The number of rotatable bonds is 2. The van der Waals surface area contributed by atoms with Gasteiger partial charge in [0.05, 0.1) is 0 Å². The van der Waals surface area contributed by atoms with Crippen molar-refractivity contribution in [2.24, 2.45) is 0 Å². The molecule has 1 nitrogen and oxygen atoms in total. The molecule has 4 heteroatoms. The summed E-state index contributed by atoms with van der Waals surface area (Å²) in [6.07, 6.45) is 3.50. The molecule has 0 aliphatic heterocycles. The van der Waals surface area contributed by atoms with Crippen LogP contribution in [0, 0.1) is 0 Å². The van der Waals surface area contributed by atoms with Gasteiger partial charge in [0.25, 0.3) is 0 Å². The predicted molar refractivity (Wildman–Crippen MR) is 73.3 cm³/mol. The molecule has 0 atom stereocenters. The summed E-state index contributed by atoms with van der Waals surface area (Å²) in [7, 11) is 0. The van der Waals surface area contributed by atoms with Gasteiger partial charge in [0, 0.05) is 27.1 Å². The molecule has 0 radical (unpaired) electrons. The summed E-state index contributed by atoms with van der Waals surface area (Å²) >= 11 is 10.6. The molecular formula is C11H9NS3. The Kier molecular flexibility index (Phi) is 3.51. The van der Waals surface area contributed by atoms with Crippen LogP contribution in [0.2, 0.25) is 0 Å². The topological polar surface area (TPSA) is 12.9 Å². The van der Waals surface area contributed by atoms with Crippen LogP contribution in [0.1, 0.15) is 10.4 Å². The van der Waals surface area contributed by atoms with Crippen LogP contribution in [0.15, 0.2) is 42.0 Å². The Balaban J connectivity index is 2.42. The maximum Gasteiger partial charge on any atom is 0.0415 e. The normalized spacial score (nSPS) is 12.4. The molecule has 2 rings (SSSR count). The molecule has 0 aliphatic carbocycles. The van der Waals surface area contributed by atoms with Gasteiger partial charge in [0.2, 0.25) is 0 Å². The highest BCUT2D eigenvalue weighted by atomic mass is 32.1. The van der Waals surface area contributed by atoms with Gasteiger partial charge < -0.3 is 0 Å². The molecule has 0 unspecified atom stereocenters. The quantitative estimate of drug-likeness (QED) is 0.774. The lowest BCUT2D eigenvalue weighted by Gasteiger charge is -2.03. The minimum atomic E-state index is 0.878. The first-order valence-electron chi connectivity index (χ1n) is 4.35. The van der Waals surface area contributed by atoms with Gasteiger partial charge in [-0.1, -0.05) is 6.07 Å². The second-order valence-corrected chi connectivity index (χ2v) is 4.75. The lowest BCUT2D eigenvalue weighted by molar-refractivity contribution is 1.32. The van der Waals surface area contributed by atoms with E-state index in [1.807, 2.05) is 29.6 Å². The molecule has 76 valence electrons. The molecule has 2 aromatic heterocycles. The Labute approximate surface area is 104 Å². The molecule has 0 spiro atoms. The van der Waals surface area contributed by atoms with E-state index in [0.717, 1.165) is 20.3 Å². The Bertz CT molecular complexity index is 460. The van der Waals surface area contributed by atoms with Crippen molar-refractivity contribution >= 4 is 46.4 Å². The van der Waals surface area contributed by atoms with Crippen LogP contribution in [-0.2, 0) is 0 Å². The van der Waals surface area contributed by atoms with Crippen LogP contribution in [0.3, 0.4) is 0 Å². The fraction of sp³-hybridized carbons (Fsp3) is 0. The summed E-state index contributed by atoms with van der Waals surface area (Å²) in [6, 6.07) is 7.88. The van der Waals surface area contributed by atoms with Crippen molar-refractivity contribution in [1.29, 1.82) is 0 Å². The minimum absolute atomic E-state index is 0.878. The lowest BCUT2D eigenvalue weighted by atomic mass is 10.2. The summed E-state index contributed by atoms with van der Waals surface area (Å²) in [6.45, 7) is 0. The third kappa shape index (κ3) is 2.45. The van der Waals surface area contributed by atoms with E-state index in [1.54, 1.807) is 23.7 Å². The highest BCUT2D eigenvalue weighted by Crippen LogP contribution is 2.33. The van der Waals surface area contributed by atoms with E-state index in [1.165, 1.54) is 0 Å². The van der Waals surface area contributed by atoms with Gasteiger partial charge in [-0.3, -0.25) is 4.98 Å². The van der Waals surface area contributed by atoms with E-state index < -0.39 is 0 Å². The van der Waals surface area contributed by atoms with E-state index in [4.69, 9.17) is 0 Å². The van der Waals surface area contributed by atoms with Crippen molar-refractivity contribution in [3.8, 4) is 0 Å². The molecule has 0 saturated carbocycles. The van der Waals surface area contributed by atoms with Gasteiger partial charge in [-0.25, -0.2) is 0 Å². The summed E-state index contributed by atoms with van der Waals surface area (Å²) in [5, 5.41) is 2.03. The molecule has 15 heavy (non-hydrogen) atoms. The fourth-order valence-electron chi connectivity index (χ4n) is 1.18. The van der Waals surface area contributed by atoms with Crippen LogP contribution < -0.4 is 0 Å². The van der Waals surface area contributed by atoms with Crippen LogP contribution in [0.4, 0.5) is 0 Å². The second-order valence-electron chi connectivity index (χ2n) is 2.91. The van der Waals surface area contributed by atoms with Crippen LogP contribution >= 0.6 is 36.6 Å². The molecule has 0 aromatic carbocycles. The van der Waals surface area contributed by atoms with E-state index in [2.05, 4.69) is 30.2 Å². The Morgan fingerprint density at radius 3 is 2.40 bits per heavy atom. The molecule has 0 saturated heterocycles. The van der Waals surface area contributed by atoms with Crippen molar-refractivity contribution in [3.05, 3.63) is 52.5 Å². The summed E-state index contributed by atoms with van der Waals surface area (Å²) < 4.78 is 0. The number of pyridine rings is 1. The molecule has 0 N–H and O–H groups in total. The molecule has 2 aromatic rings. The molecular weight excluding hydrogens is 242 g/mol. The van der Waals surface area contributed by atoms with Crippen LogP contribution in [-0.4, -0.2) is 4.98 Å². The van der Waals surface area contributed by atoms with Crippen molar-refractivity contribution in [2.45, 2.75) is 0 Å². The van der Waals surface area contributed by atoms with E-state index in [9.17, 15) is 0 Å². The SMILES string of the molecule is S/C(=C(/S)c1cccs1)c1ccncc1. The van der Waals surface area contributed by atoms with Gasteiger partial charge in [0.1, 0.15) is 0 Å². The van der Waals surface area contributed by atoms with E-state index in [0.29, 0.717) is 0 Å². The molecule has 0 amide bonds. The first-order chi connectivity index (χ1) is 7.29. The van der Waals surface area contributed by atoms with Gasteiger partial charge in [0.15, 0.2) is 0 Å². The number of hydrogen-bond donors (Lipinski definition) is 2. The zero-order chi connectivity index (χ0) is 10.7. The summed E-state index contributed by atoms with van der Waals surface area (Å²) in [4.78, 5) is 6.88. The van der Waals surface area contributed by atoms with Crippen LogP contribution in [0.25, 0.3) is 9.81 Å². The van der Waals surface area contributed by atoms with Crippen molar-refractivity contribution in [2.75, 3.05) is 0 Å². The number of thiol groups is 2. The second kappa shape index (κ2) is 4.88. The number of thiophene rings is 1. The molecule has 0 aliphatic rings. The summed E-state index contributed by atoms with van der Waals surface area (Å²) in [5.41, 5.74) is 1.03. The maximum atomic E-state index is 4.49. The predicted octanol–water partition coefficient (Wildman–Crippen LogP) is 3.83. The first-order valence-corrected chi connectivity index (χ1v) is 6.13. The smallest absolute Gasteiger partial charge is 0.0415 e. The average molecular weight is 251 g/mol. The largest absolute Gasteiger partial charge is 0.265 e. The maximum absolute atomic E-state index is 4.49.